The van der Waals surface area contributed by atoms with Gasteiger partial charge in [-0.3, -0.25) is 9.67 Å². The highest BCUT2D eigenvalue weighted by Crippen LogP contribution is 2.08. The molecule has 2 aromatic heterocycles. The number of hydrogen-bond donors (Lipinski definition) is 0. The van der Waals surface area contributed by atoms with Crippen molar-refractivity contribution in [2.75, 3.05) is 0 Å². The minimum absolute atomic E-state index is 0.479. The van der Waals surface area contributed by atoms with Crippen LogP contribution in [0, 0.1) is 0 Å². The maximum absolute atomic E-state index is 5.47. The summed E-state index contributed by atoms with van der Waals surface area (Å²) >= 11 is 0. The summed E-state index contributed by atoms with van der Waals surface area (Å²) in [5.74, 6) is 0.762. The van der Waals surface area contributed by atoms with Crippen molar-refractivity contribution in [1.82, 2.24) is 14.8 Å². The van der Waals surface area contributed by atoms with Crippen LogP contribution >= 0.6 is 0 Å². The van der Waals surface area contributed by atoms with Gasteiger partial charge in [-0.25, -0.2) is 0 Å². The monoisotopic (exact) mass is 189 g/mol. The molecule has 4 heteroatoms. The van der Waals surface area contributed by atoms with Gasteiger partial charge in [0.15, 0.2) is 0 Å². The van der Waals surface area contributed by atoms with Crippen molar-refractivity contribution >= 4 is 0 Å². The number of nitrogens with zero attached hydrogens (tertiary/aromatic N) is 3. The number of rotatable bonds is 3. The summed E-state index contributed by atoms with van der Waals surface area (Å²) in [6.07, 6.45) is 5.29. The highest BCUT2D eigenvalue weighted by Gasteiger charge is 1.97. The molecule has 0 aliphatic heterocycles. The second kappa shape index (κ2) is 3.91. The molecule has 2 aromatic rings. The minimum atomic E-state index is 0.479. The molecule has 0 bridgehead atoms. The zero-order chi connectivity index (χ0) is 9.80. The van der Waals surface area contributed by atoms with Crippen molar-refractivity contribution in [3.05, 3.63) is 42.5 Å². The van der Waals surface area contributed by atoms with Crippen molar-refractivity contribution in [2.45, 2.75) is 6.61 Å². The molecule has 0 aliphatic carbocycles. The van der Waals surface area contributed by atoms with Gasteiger partial charge in [0.05, 0.1) is 11.9 Å². The first-order valence-electron chi connectivity index (χ1n) is 4.36. The third-order valence-corrected chi connectivity index (χ3v) is 1.79. The third kappa shape index (κ3) is 2.10. The lowest BCUT2D eigenvalue weighted by Crippen LogP contribution is -1.97. The molecule has 0 aliphatic rings. The normalized spacial score (nSPS) is 10.1. The SMILES string of the molecule is Cn1ccc(COc2cccnc2)n1. The largest absolute Gasteiger partial charge is 0.486 e. The molecule has 14 heavy (non-hydrogen) atoms. The first-order chi connectivity index (χ1) is 6.84. The topological polar surface area (TPSA) is 39.9 Å². The Labute approximate surface area is 82.2 Å². The van der Waals surface area contributed by atoms with E-state index >= 15 is 0 Å². The Balaban J connectivity index is 1.95. The molecule has 0 unspecified atom stereocenters. The Kier molecular flexibility index (Phi) is 2.44. The van der Waals surface area contributed by atoms with Gasteiger partial charge in [-0.05, 0) is 18.2 Å². The summed E-state index contributed by atoms with van der Waals surface area (Å²) in [5, 5.41) is 4.20. The van der Waals surface area contributed by atoms with Gasteiger partial charge in [-0.15, -0.1) is 0 Å². The van der Waals surface area contributed by atoms with E-state index in [2.05, 4.69) is 10.1 Å². The lowest BCUT2D eigenvalue weighted by atomic mass is 10.4. The van der Waals surface area contributed by atoms with Crippen LogP contribution in [-0.2, 0) is 13.7 Å². The van der Waals surface area contributed by atoms with E-state index in [1.54, 1.807) is 17.1 Å². The molecule has 0 saturated heterocycles. The molecular weight excluding hydrogens is 178 g/mol. The van der Waals surface area contributed by atoms with E-state index in [9.17, 15) is 0 Å². The summed E-state index contributed by atoms with van der Waals surface area (Å²) in [6, 6.07) is 5.64. The van der Waals surface area contributed by atoms with Gasteiger partial charge in [0.2, 0.25) is 0 Å². The van der Waals surface area contributed by atoms with Crippen LogP contribution in [0.15, 0.2) is 36.8 Å². The predicted octanol–water partition coefficient (Wildman–Crippen LogP) is 1.39. The zero-order valence-electron chi connectivity index (χ0n) is 7.92. The summed E-state index contributed by atoms with van der Waals surface area (Å²) in [5.41, 5.74) is 0.913. The Morgan fingerprint density at radius 1 is 1.43 bits per heavy atom. The fraction of sp³-hybridized carbons (Fsp3) is 0.200. The van der Waals surface area contributed by atoms with Crippen molar-refractivity contribution in [2.24, 2.45) is 7.05 Å². The molecule has 2 rings (SSSR count). The first-order valence-corrected chi connectivity index (χ1v) is 4.36. The van der Waals surface area contributed by atoms with Gasteiger partial charge in [-0.2, -0.15) is 5.10 Å². The average molecular weight is 189 g/mol. The number of aromatic nitrogens is 3. The second-order valence-electron chi connectivity index (χ2n) is 2.96. The van der Waals surface area contributed by atoms with Crippen LogP contribution < -0.4 is 4.74 Å². The molecule has 4 nitrogen and oxygen atoms in total. The highest BCUT2D eigenvalue weighted by atomic mass is 16.5. The van der Waals surface area contributed by atoms with E-state index in [-0.39, 0.29) is 0 Å². The van der Waals surface area contributed by atoms with Crippen LogP contribution in [0.4, 0.5) is 0 Å². The van der Waals surface area contributed by atoms with E-state index in [4.69, 9.17) is 4.74 Å². The summed E-state index contributed by atoms with van der Waals surface area (Å²) in [6.45, 7) is 0.479. The standard InChI is InChI=1S/C10H11N3O/c1-13-6-4-9(12-13)8-14-10-3-2-5-11-7-10/h2-7H,8H2,1H3. The molecule has 0 N–H and O–H groups in total. The number of pyridine rings is 1. The summed E-state index contributed by atoms with van der Waals surface area (Å²) in [7, 11) is 1.88. The molecule has 72 valence electrons. The van der Waals surface area contributed by atoms with E-state index in [1.807, 2.05) is 31.4 Å². The van der Waals surface area contributed by atoms with Gasteiger partial charge in [0.1, 0.15) is 12.4 Å². The molecule has 0 amide bonds. The van der Waals surface area contributed by atoms with Crippen LogP contribution in [0.3, 0.4) is 0 Å². The quantitative estimate of drug-likeness (QED) is 0.732. The molecule has 0 atom stereocenters. The van der Waals surface area contributed by atoms with Crippen molar-refractivity contribution in [1.29, 1.82) is 0 Å². The maximum atomic E-state index is 5.47. The number of ether oxygens (including phenoxy) is 1. The fourth-order valence-electron chi connectivity index (χ4n) is 1.13. The maximum Gasteiger partial charge on any atom is 0.138 e. The Bertz CT molecular complexity index is 397. The molecule has 2 heterocycles. The van der Waals surface area contributed by atoms with Crippen LogP contribution in [-0.4, -0.2) is 14.8 Å². The molecule has 0 saturated carbocycles. The Hall–Kier alpha value is -1.84. The number of hydrogen-bond acceptors (Lipinski definition) is 3. The van der Waals surface area contributed by atoms with Crippen LogP contribution in [0.2, 0.25) is 0 Å². The Morgan fingerprint density at radius 2 is 2.36 bits per heavy atom. The molecule has 0 radical (unpaired) electrons. The molecular formula is C10H11N3O. The zero-order valence-corrected chi connectivity index (χ0v) is 7.92. The fourth-order valence-corrected chi connectivity index (χ4v) is 1.13. The summed E-state index contributed by atoms with van der Waals surface area (Å²) < 4.78 is 7.22. The van der Waals surface area contributed by atoms with Gasteiger partial charge in [0, 0.05) is 19.4 Å². The van der Waals surface area contributed by atoms with Gasteiger partial charge in [-0.1, -0.05) is 0 Å². The van der Waals surface area contributed by atoms with Gasteiger partial charge >= 0.3 is 0 Å². The predicted molar refractivity (Wildman–Crippen MR) is 51.8 cm³/mol. The molecule has 0 fully saturated rings. The van der Waals surface area contributed by atoms with Crippen LogP contribution in [0.1, 0.15) is 5.69 Å². The van der Waals surface area contributed by atoms with Crippen molar-refractivity contribution in [3.63, 3.8) is 0 Å². The van der Waals surface area contributed by atoms with E-state index in [0.717, 1.165) is 11.4 Å². The van der Waals surface area contributed by atoms with E-state index < -0.39 is 0 Å². The van der Waals surface area contributed by atoms with Crippen LogP contribution in [0.5, 0.6) is 5.75 Å². The van der Waals surface area contributed by atoms with Crippen LogP contribution in [0.25, 0.3) is 0 Å². The Morgan fingerprint density at radius 3 is 3.00 bits per heavy atom. The van der Waals surface area contributed by atoms with Crippen molar-refractivity contribution in [3.8, 4) is 5.75 Å². The lowest BCUT2D eigenvalue weighted by molar-refractivity contribution is 0.299. The second-order valence-corrected chi connectivity index (χ2v) is 2.96. The minimum Gasteiger partial charge on any atom is -0.486 e. The van der Waals surface area contributed by atoms with E-state index in [1.165, 1.54) is 0 Å². The third-order valence-electron chi connectivity index (χ3n) is 1.79. The highest BCUT2D eigenvalue weighted by molar-refractivity contribution is 5.15. The number of aryl methyl sites for hydroxylation is 1. The average Bonchev–Trinajstić information content (AvgIpc) is 2.63. The molecule has 0 aromatic carbocycles. The summed E-state index contributed by atoms with van der Waals surface area (Å²) in [4.78, 5) is 3.95. The van der Waals surface area contributed by atoms with Gasteiger partial charge < -0.3 is 4.74 Å². The smallest absolute Gasteiger partial charge is 0.138 e. The lowest BCUT2D eigenvalue weighted by Gasteiger charge is -2.01. The first kappa shape index (κ1) is 8.74. The van der Waals surface area contributed by atoms with E-state index in [0.29, 0.717) is 6.61 Å². The van der Waals surface area contributed by atoms with Crippen molar-refractivity contribution < 1.29 is 4.74 Å². The van der Waals surface area contributed by atoms with Gasteiger partial charge in [0.25, 0.3) is 0 Å². The molecule has 0 spiro atoms.